The maximum atomic E-state index is 11.7. The molecule has 0 bridgehead atoms. The summed E-state index contributed by atoms with van der Waals surface area (Å²) in [7, 11) is 0. The number of nitriles is 1. The third-order valence-corrected chi connectivity index (χ3v) is 3.08. The van der Waals surface area contributed by atoms with Crippen LogP contribution in [0, 0.1) is 16.7 Å². The number of carbonyl (C=O) groups excluding carboxylic acids is 1. The van der Waals surface area contributed by atoms with Crippen molar-refractivity contribution < 1.29 is 9.53 Å². The SMILES string of the molecule is CC(C)(CCC#N)CNc1ccc(NC(=O)OC(C)(C)C)nc1. The Balaban J connectivity index is 2.51. The first kappa shape index (κ1) is 18.8. The number of nitrogens with zero attached hydrogens (tertiary/aromatic N) is 2. The molecule has 0 unspecified atom stereocenters. The monoisotopic (exact) mass is 318 g/mol. The lowest BCUT2D eigenvalue weighted by Gasteiger charge is -2.24. The highest BCUT2D eigenvalue weighted by Gasteiger charge is 2.18. The number of hydrogen-bond donors (Lipinski definition) is 2. The lowest BCUT2D eigenvalue weighted by molar-refractivity contribution is 0.0635. The summed E-state index contributed by atoms with van der Waals surface area (Å²) in [5, 5.41) is 14.5. The van der Waals surface area contributed by atoms with E-state index in [1.165, 1.54) is 0 Å². The molecular weight excluding hydrogens is 292 g/mol. The third kappa shape index (κ3) is 8.05. The van der Waals surface area contributed by atoms with Gasteiger partial charge in [0, 0.05) is 13.0 Å². The minimum absolute atomic E-state index is 0.0309. The van der Waals surface area contributed by atoms with Crippen LogP contribution in [-0.2, 0) is 4.74 Å². The van der Waals surface area contributed by atoms with E-state index < -0.39 is 11.7 Å². The van der Waals surface area contributed by atoms with Crippen molar-refractivity contribution in [1.82, 2.24) is 4.98 Å². The second-order valence-electron chi connectivity index (χ2n) is 7.23. The molecule has 0 aromatic carbocycles. The van der Waals surface area contributed by atoms with Crippen LogP contribution in [0.4, 0.5) is 16.3 Å². The zero-order valence-corrected chi connectivity index (χ0v) is 14.6. The Labute approximate surface area is 138 Å². The van der Waals surface area contributed by atoms with Gasteiger partial charge in [-0.05, 0) is 44.7 Å². The van der Waals surface area contributed by atoms with E-state index in [0.717, 1.165) is 18.7 Å². The molecule has 1 aromatic heterocycles. The number of ether oxygens (including phenoxy) is 1. The van der Waals surface area contributed by atoms with E-state index in [0.29, 0.717) is 12.2 Å². The highest BCUT2D eigenvalue weighted by atomic mass is 16.6. The highest BCUT2D eigenvalue weighted by molar-refractivity contribution is 5.83. The summed E-state index contributed by atoms with van der Waals surface area (Å²) in [5.74, 6) is 0.438. The maximum Gasteiger partial charge on any atom is 0.413 e. The summed E-state index contributed by atoms with van der Waals surface area (Å²) >= 11 is 0. The molecule has 0 aliphatic rings. The normalized spacial score (nSPS) is 11.5. The van der Waals surface area contributed by atoms with Gasteiger partial charge in [0.1, 0.15) is 11.4 Å². The van der Waals surface area contributed by atoms with Gasteiger partial charge in [0.2, 0.25) is 0 Å². The summed E-state index contributed by atoms with van der Waals surface area (Å²) in [6, 6.07) is 5.74. The van der Waals surface area contributed by atoms with Crippen LogP contribution in [0.25, 0.3) is 0 Å². The number of rotatable bonds is 6. The third-order valence-electron chi connectivity index (χ3n) is 3.08. The molecule has 6 nitrogen and oxygen atoms in total. The van der Waals surface area contributed by atoms with Crippen LogP contribution in [0.15, 0.2) is 18.3 Å². The van der Waals surface area contributed by atoms with Crippen molar-refractivity contribution in [2.75, 3.05) is 17.2 Å². The molecule has 1 aromatic rings. The number of anilines is 2. The average molecular weight is 318 g/mol. The Morgan fingerprint density at radius 2 is 2.00 bits per heavy atom. The number of carbonyl (C=O) groups is 1. The van der Waals surface area contributed by atoms with Gasteiger partial charge in [0.15, 0.2) is 0 Å². The Bertz CT molecular complexity index is 553. The average Bonchev–Trinajstić information content (AvgIpc) is 2.42. The van der Waals surface area contributed by atoms with Crippen molar-refractivity contribution in [2.45, 2.75) is 53.1 Å². The summed E-state index contributed by atoms with van der Waals surface area (Å²) in [4.78, 5) is 15.8. The van der Waals surface area contributed by atoms with E-state index >= 15 is 0 Å². The van der Waals surface area contributed by atoms with Gasteiger partial charge in [0.05, 0.1) is 18.0 Å². The second-order valence-corrected chi connectivity index (χ2v) is 7.23. The second kappa shape index (κ2) is 7.82. The van der Waals surface area contributed by atoms with Gasteiger partial charge in [-0.25, -0.2) is 9.78 Å². The van der Waals surface area contributed by atoms with Crippen LogP contribution in [0.5, 0.6) is 0 Å². The molecule has 0 saturated carbocycles. The van der Waals surface area contributed by atoms with E-state index in [-0.39, 0.29) is 5.41 Å². The summed E-state index contributed by atoms with van der Waals surface area (Å²) < 4.78 is 5.17. The van der Waals surface area contributed by atoms with Gasteiger partial charge in [-0.1, -0.05) is 13.8 Å². The van der Waals surface area contributed by atoms with E-state index in [2.05, 4.69) is 35.5 Å². The highest BCUT2D eigenvalue weighted by Crippen LogP contribution is 2.23. The van der Waals surface area contributed by atoms with Crippen molar-refractivity contribution in [3.8, 4) is 6.07 Å². The number of pyridine rings is 1. The standard InChI is InChI=1S/C17H26N4O2/c1-16(2,3)23-15(22)21-14-8-7-13(11-19-14)20-12-17(4,5)9-6-10-18/h7-8,11,20H,6,9,12H2,1-5H3,(H,19,21,22). The molecule has 0 atom stereocenters. The predicted molar refractivity (Wildman–Crippen MR) is 91.2 cm³/mol. The lowest BCUT2D eigenvalue weighted by atomic mass is 9.88. The van der Waals surface area contributed by atoms with Gasteiger partial charge >= 0.3 is 6.09 Å². The van der Waals surface area contributed by atoms with Crippen molar-refractivity contribution >= 4 is 17.6 Å². The van der Waals surface area contributed by atoms with Gasteiger partial charge < -0.3 is 10.1 Å². The molecular formula is C17H26N4O2. The molecule has 23 heavy (non-hydrogen) atoms. The smallest absolute Gasteiger partial charge is 0.413 e. The molecule has 0 saturated heterocycles. The Morgan fingerprint density at radius 3 is 2.52 bits per heavy atom. The first-order chi connectivity index (χ1) is 10.6. The zero-order valence-electron chi connectivity index (χ0n) is 14.6. The lowest BCUT2D eigenvalue weighted by Crippen LogP contribution is -2.27. The van der Waals surface area contributed by atoms with Crippen molar-refractivity contribution in [2.24, 2.45) is 5.41 Å². The first-order valence-electron chi connectivity index (χ1n) is 7.68. The molecule has 1 heterocycles. The number of aromatic nitrogens is 1. The van der Waals surface area contributed by atoms with E-state index in [4.69, 9.17) is 10.00 Å². The largest absolute Gasteiger partial charge is 0.444 e. The fourth-order valence-corrected chi connectivity index (χ4v) is 1.80. The van der Waals surface area contributed by atoms with E-state index in [9.17, 15) is 4.79 Å². The van der Waals surface area contributed by atoms with Gasteiger partial charge in [-0.2, -0.15) is 5.26 Å². The van der Waals surface area contributed by atoms with Crippen molar-refractivity contribution in [3.63, 3.8) is 0 Å². The van der Waals surface area contributed by atoms with Crippen LogP contribution in [0.1, 0.15) is 47.5 Å². The van der Waals surface area contributed by atoms with Crippen LogP contribution in [-0.4, -0.2) is 23.2 Å². The van der Waals surface area contributed by atoms with Crippen molar-refractivity contribution in [3.05, 3.63) is 18.3 Å². The quantitative estimate of drug-likeness (QED) is 0.822. The van der Waals surface area contributed by atoms with Crippen LogP contribution < -0.4 is 10.6 Å². The van der Waals surface area contributed by atoms with Gasteiger partial charge in [-0.15, -0.1) is 0 Å². The van der Waals surface area contributed by atoms with Crippen LogP contribution >= 0.6 is 0 Å². The maximum absolute atomic E-state index is 11.7. The molecule has 2 N–H and O–H groups in total. The Morgan fingerprint density at radius 1 is 1.30 bits per heavy atom. The fourth-order valence-electron chi connectivity index (χ4n) is 1.80. The molecule has 126 valence electrons. The minimum Gasteiger partial charge on any atom is -0.444 e. The fraction of sp³-hybridized carbons (Fsp3) is 0.588. The summed E-state index contributed by atoms with van der Waals surface area (Å²) in [6.45, 7) is 10.4. The molecule has 6 heteroatoms. The Hall–Kier alpha value is -2.29. The molecule has 1 amide bonds. The minimum atomic E-state index is -0.541. The number of amides is 1. The van der Waals surface area contributed by atoms with Crippen LogP contribution in [0.2, 0.25) is 0 Å². The molecule has 0 aliphatic heterocycles. The van der Waals surface area contributed by atoms with Crippen molar-refractivity contribution in [1.29, 1.82) is 5.26 Å². The molecule has 1 rings (SSSR count). The van der Waals surface area contributed by atoms with Gasteiger partial charge in [-0.3, -0.25) is 5.32 Å². The number of nitrogens with one attached hydrogen (secondary N) is 2. The summed E-state index contributed by atoms with van der Waals surface area (Å²) in [5.41, 5.74) is 0.355. The van der Waals surface area contributed by atoms with Crippen LogP contribution in [0.3, 0.4) is 0 Å². The molecule has 0 aliphatic carbocycles. The summed E-state index contributed by atoms with van der Waals surface area (Å²) in [6.07, 6.45) is 2.52. The predicted octanol–water partition coefficient (Wildman–Crippen LogP) is 4.17. The molecule has 0 fully saturated rings. The number of hydrogen-bond acceptors (Lipinski definition) is 5. The van der Waals surface area contributed by atoms with Gasteiger partial charge in [0.25, 0.3) is 0 Å². The topological polar surface area (TPSA) is 87.0 Å². The molecule has 0 radical (unpaired) electrons. The first-order valence-corrected chi connectivity index (χ1v) is 7.68. The van der Waals surface area contributed by atoms with E-state index in [1.807, 2.05) is 6.07 Å². The molecule has 0 spiro atoms. The van der Waals surface area contributed by atoms with E-state index in [1.54, 1.807) is 33.0 Å². The Kier molecular flexibility index (Phi) is 6.38. The zero-order chi connectivity index (χ0) is 17.5.